The summed E-state index contributed by atoms with van der Waals surface area (Å²) in [6, 6.07) is 5.46. The number of aliphatic hydroxyl groups excluding tert-OH is 1. The highest BCUT2D eigenvalue weighted by molar-refractivity contribution is 5.41. The molecule has 1 aromatic carbocycles. The number of hydrogen-bond acceptors (Lipinski definition) is 2. The quantitative estimate of drug-likeness (QED) is 0.774. The Balaban J connectivity index is 1.89. The number of aryl methyl sites for hydroxylation is 1. The molecule has 5 heteroatoms. The van der Waals surface area contributed by atoms with Gasteiger partial charge in [0.2, 0.25) is 0 Å². The molecule has 0 amide bonds. The van der Waals surface area contributed by atoms with Crippen LogP contribution >= 0.6 is 0 Å². The molecule has 2 nitrogen and oxygen atoms in total. The van der Waals surface area contributed by atoms with Gasteiger partial charge in [0.1, 0.15) is 11.4 Å². The number of hydrogen-bond donors (Lipinski definition) is 1. The van der Waals surface area contributed by atoms with Crippen molar-refractivity contribution >= 4 is 0 Å². The van der Waals surface area contributed by atoms with Crippen LogP contribution < -0.4 is 4.74 Å². The average molecular weight is 300 g/mol. The molecule has 3 unspecified atom stereocenters. The molecule has 0 aromatic heterocycles. The Bertz CT molecular complexity index is 541. The minimum absolute atomic E-state index is 0.0547. The maximum absolute atomic E-state index is 13.0. The van der Waals surface area contributed by atoms with E-state index in [0.29, 0.717) is 24.2 Å². The number of rotatable bonds is 0. The molecule has 1 aliphatic heterocycles. The van der Waals surface area contributed by atoms with Crippen molar-refractivity contribution < 1.29 is 23.0 Å². The van der Waals surface area contributed by atoms with Gasteiger partial charge in [0.05, 0.1) is 12.0 Å². The Morgan fingerprint density at radius 1 is 1.29 bits per heavy atom. The zero-order valence-corrected chi connectivity index (χ0v) is 11.9. The lowest BCUT2D eigenvalue weighted by Gasteiger charge is -2.45. The molecule has 1 fully saturated rings. The Kier molecular flexibility index (Phi) is 3.43. The van der Waals surface area contributed by atoms with E-state index in [1.54, 1.807) is 6.07 Å². The second-order valence-corrected chi connectivity index (χ2v) is 6.38. The first-order valence-corrected chi connectivity index (χ1v) is 7.33. The van der Waals surface area contributed by atoms with Gasteiger partial charge in [-0.15, -0.1) is 0 Å². The fourth-order valence-corrected chi connectivity index (χ4v) is 3.64. The van der Waals surface area contributed by atoms with Gasteiger partial charge in [-0.3, -0.25) is 0 Å². The van der Waals surface area contributed by atoms with E-state index in [4.69, 9.17) is 4.74 Å². The van der Waals surface area contributed by atoms with Gasteiger partial charge in [-0.1, -0.05) is 11.6 Å². The summed E-state index contributed by atoms with van der Waals surface area (Å²) in [5.74, 6) is -0.798. The molecule has 3 rings (SSSR count). The minimum Gasteiger partial charge on any atom is -0.487 e. The molecule has 1 heterocycles. The van der Waals surface area contributed by atoms with Crippen LogP contribution in [0.2, 0.25) is 0 Å². The number of fused-ring (bicyclic) bond motifs is 1. The molecule has 3 atom stereocenters. The maximum atomic E-state index is 13.0. The number of benzene rings is 1. The molecule has 2 aliphatic rings. The van der Waals surface area contributed by atoms with Crippen LogP contribution in [0.5, 0.6) is 5.75 Å². The lowest BCUT2D eigenvalue weighted by Crippen LogP contribution is -2.47. The Labute approximate surface area is 121 Å². The van der Waals surface area contributed by atoms with E-state index in [-0.39, 0.29) is 19.3 Å². The molecule has 1 aliphatic carbocycles. The summed E-state index contributed by atoms with van der Waals surface area (Å²) in [6.45, 7) is 1.91. The summed E-state index contributed by atoms with van der Waals surface area (Å²) >= 11 is 0. The molecule has 0 saturated heterocycles. The summed E-state index contributed by atoms with van der Waals surface area (Å²) in [6.07, 6.45) is -3.53. The number of alkyl halides is 3. The number of ether oxygens (including phenoxy) is 1. The predicted octanol–water partition coefficient (Wildman–Crippen LogP) is 4.30. The molecule has 1 N–H and O–H groups in total. The molecule has 21 heavy (non-hydrogen) atoms. The molecular weight excluding hydrogens is 281 g/mol. The van der Waals surface area contributed by atoms with Gasteiger partial charge in [-0.2, -0.15) is 13.2 Å². The Morgan fingerprint density at radius 2 is 2.05 bits per heavy atom. The number of aliphatic hydroxyl groups is 1. The smallest absolute Gasteiger partial charge is 0.391 e. The van der Waals surface area contributed by atoms with E-state index in [9.17, 15) is 18.3 Å². The van der Waals surface area contributed by atoms with Crippen LogP contribution in [0.25, 0.3) is 0 Å². The monoisotopic (exact) mass is 300 g/mol. The normalized spacial score (nSPS) is 32.6. The van der Waals surface area contributed by atoms with Gasteiger partial charge in [-0.25, -0.2) is 0 Å². The topological polar surface area (TPSA) is 29.5 Å². The summed E-state index contributed by atoms with van der Waals surface area (Å²) in [7, 11) is 0. The van der Waals surface area contributed by atoms with E-state index in [1.165, 1.54) is 0 Å². The second kappa shape index (κ2) is 4.90. The van der Waals surface area contributed by atoms with Gasteiger partial charge >= 0.3 is 6.18 Å². The fourth-order valence-electron chi connectivity index (χ4n) is 3.64. The van der Waals surface area contributed by atoms with E-state index < -0.39 is 23.8 Å². The summed E-state index contributed by atoms with van der Waals surface area (Å²) in [5, 5.41) is 10.3. The highest BCUT2D eigenvalue weighted by Gasteiger charge is 2.51. The van der Waals surface area contributed by atoms with Crippen molar-refractivity contribution in [2.24, 2.45) is 5.92 Å². The van der Waals surface area contributed by atoms with Crippen LogP contribution in [-0.4, -0.2) is 16.9 Å². The van der Waals surface area contributed by atoms with Crippen molar-refractivity contribution in [2.75, 3.05) is 0 Å². The molecule has 0 bridgehead atoms. The van der Waals surface area contributed by atoms with Crippen molar-refractivity contribution in [2.45, 2.75) is 56.9 Å². The largest absolute Gasteiger partial charge is 0.487 e. The lowest BCUT2D eigenvalue weighted by atomic mass is 9.73. The van der Waals surface area contributed by atoms with Crippen molar-refractivity contribution in [3.63, 3.8) is 0 Å². The molecule has 1 saturated carbocycles. The van der Waals surface area contributed by atoms with Crippen LogP contribution in [0, 0.1) is 12.8 Å². The third-order valence-electron chi connectivity index (χ3n) is 4.68. The third kappa shape index (κ3) is 2.76. The van der Waals surface area contributed by atoms with Gasteiger partial charge in [0, 0.05) is 12.0 Å². The highest BCUT2D eigenvalue weighted by atomic mass is 19.4. The first kappa shape index (κ1) is 14.7. The Morgan fingerprint density at radius 3 is 2.76 bits per heavy atom. The highest BCUT2D eigenvalue weighted by Crippen LogP contribution is 2.50. The summed E-state index contributed by atoms with van der Waals surface area (Å²) in [5.41, 5.74) is 0.819. The van der Waals surface area contributed by atoms with Crippen molar-refractivity contribution in [3.8, 4) is 5.75 Å². The van der Waals surface area contributed by atoms with Crippen molar-refractivity contribution in [1.82, 2.24) is 0 Å². The first-order chi connectivity index (χ1) is 9.79. The zero-order valence-electron chi connectivity index (χ0n) is 11.9. The molecule has 116 valence electrons. The molecular formula is C16H19F3O2. The van der Waals surface area contributed by atoms with E-state index in [2.05, 4.69) is 0 Å². The fraction of sp³-hybridized carbons (Fsp3) is 0.625. The van der Waals surface area contributed by atoms with Gasteiger partial charge < -0.3 is 9.84 Å². The van der Waals surface area contributed by atoms with Gasteiger partial charge in [0.25, 0.3) is 0 Å². The molecule has 1 aromatic rings. The maximum Gasteiger partial charge on any atom is 0.391 e. The molecule has 1 spiro atoms. The van der Waals surface area contributed by atoms with Crippen molar-refractivity contribution in [3.05, 3.63) is 29.3 Å². The third-order valence-corrected chi connectivity index (χ3v) is 4.68. The lowest BCUT2D eigenvalue weighted by molar-refractivity contribution is -0.201. The Hall–Kier alpha value is -1.23. The van der Waals surface area contributed by atoms with E-state index >= 15 is 0 Å². The SMILES string of the molecule is Cc1ccc2c(c1)C(O)CC1(CCCC(C(F)(F)F)C1)O2. The van der Waals surface area contributed by atoms with Crippen LogP contribution in [-0.2, 0) is 0 Å². The van der Waals surface area contributed by atoms with E-state index in [0.717, 1.165) is 5.56 Å². The minimum atomic E-state index is -4.19. The van der Waals surface area contributed by atoms with Crippen LogP contribution in [0.15, 0.2) is 18.2 Å². The van der Waals surface area contributed by atoms with Crippen LogP contribution in [0.3, 0.4) is 0 Å². The second-order valence-electron chi connectivity index (χ2n) is 6.38. The van der Waals surface area contributed by atoms with Crippen molar-refractivity contribution in [1.29, 1.82) is 0 Å². The molecule has 0 radical (unpaired) electrons. The number of halogens is 3. The summed E-state index contributed by atoms with van der Waals surface area (Å²) < 4.78 is 45.0. The zero-order chi connectivity index (χ0) is 15.3. The van der Waals surface area contributed by atoms with E-state index in [1.807, 2.05) is 19.1 Å². The summed E-state index contributed by atoms with van der Waals surface area (Å²) in [4.78, 5) is 0. The average Bonchev–Trinajstić information content (AvgIpc) is 2.39. The van der Waals surface area contributed by atoms with Crippen LogP contribution in [0.1, 0.15) is 49.3 Å². The predicted molar refractivity (Wildman–Crippen MR) is 72.1 cm³/mol. The van der Waals surface area contributed by atoms with Crippen LogP contribution in [0.4, 0.5) is 13.2 Å². The standard InChI is InChI=1S/C16H19F3O2/c1-10-4-5-14-12(7-10)13(20)9-15(21-14)6-2-3-11(8-15)16(17,18)19/h4-5,7,11,13,20H,2-3,6,8-9H2,1H3. The first-order valence-electron chi connectivity index (χ1n) is 7.33. The van der Waals surface area contributed by atoms with Gasteiger partial charge in [-0.05, 0) is 44.7 Å². The van der Waals surface area contributed by atoms with Gasteiger partial charge in [0.15, 0.2) is 0 Å².